The van der Waals surface area contributed by atoms with E-state index in [9.17, 15) is 5.11 Å². The van der Waals surface area contributed by atoms with E-state index in [-0.39, 0.29) is 12.1 Å². The molecule has 0 saturated carbocycles. The maximum atomic E-state index is 9.86. The zero-order valence-corrected chi connectivity index (χ0v) is 20.5. The summed E-state index contributed by atoms with van der Waals surface area (Å²) in [7, 11) is 0. The van der Waals surface area contributed by atoms with Crippen LogP contribution < -0.4 is 5.73 Å². The number of hydrogen-bond donors (Lipinski definition) is 2. The molecule has 0 spiro atoms. The molecule has 0 aliphatic carbocycles. The topological polar surface area (TPSA) is 64.7 Å². The Bertz CT molecular complexity index is 984. The Kier molecular flexibility index (Phi) is 9.33. The fourth-order valence-electron chi connectivity index (χ4n) is 3.58. The van der Waals surface area contributed by atoms with Crippen LogP contribution in [0.4, 0.5) is 0 Å². The number of hydrogen-bond acceptors (Lipinski definition) is 4. The highest BCUT2D eigenvalue weighted by Gasteiger charge is 2.21. The van der Waals surface area contributed by atoms with E-state index >= 15 is 0 Å². The van der Waals surface area contributed by atoms with E-state index < -0.39 is 5.79 Å². The third-order valence-electron chi connectivity index (χ3n) is 5.26. The number of nitrogens with two attached hydrogens (primary N) is 1. The zero-order chi connectivity index (χ0) is 23.8. The lowest BCUT2D eigenvalue weighted by Gasteiger charge is -2.26. The van der Waals surface area contributed by atoms with E-state index in [4.69, 9.17) is 38.4 Å². The fraction of sp³-hybridized carbons (Fsp3) is 0.333. The van der Waals surface area contributed by atoms with Crippen LogP contribution in [0, 0.1) is 0 Å². The predicted octanol–water partition coefficient (Wildman–Crippen LogP) is 6.25. The van der Waals surface area contributed by atoms with Crippen LogP contribution in [0.15, 0.2) is 72.8 Å². The van der Waals surface area contributed by atoms with E-state index in [0.29, 0.717) is 36.1 Å². The van der Waals surface area contributed by atoms with Gasteiger partial charge in [-0.25, -0.2) is 0 Å². The highest BCUT2D eigenvalue weighted by atomic mass is 35.5. The summed E-state index contributed by atoms with van der Waals surface area (Å²) in [6.07, 6.45) is 1.01. The van der Waals surface area contributed by atoms with Gasteiger partial charge in [0.2, 0.25) is 0 Å². The van der Waals surface area contributed by atoms with Gasteiger partial charge in [-0.05, 0) is 67.1 Å². The zero-order valence-electron chi connectivity index (χ0n) is 19.0. The maximum Gasteiger partial charge on any atom is 0.159 e. The Morgan fingerprint density at radius 1 is 0.879 bits per heavy atom. The second-order valence-electron chi connectivity index (χ2n) is 8.64. The molecule has 0 bridgehead atoms. The Morgan fingerprint density at radius 3 is 2.12 bits per heavy atom. The number of rotatable bonds is 11. The first-order valence-electron chi connectivity index (χ1n) is 11.0. The standard InChI is InChI=1S/C27H31Cl2NO3/c1-27(2,31)33-13-12-26(32-18-20-6-4-3-5-7-20)25(30)14-19-8-10-21(11-9-19)22-15-23(28)17-24(29)16-22/h3-11,15-17,25-26,31H,12-14,18,30H2,1-2H3. The van der Waals surface area contributed by atoms with Gasteiger partial charge in [-0.15, -0.1) is 0 Å². The lowest BCUT2D eigenvalue weighted by Crippen LogP contribution is -2.40. The Labute approximate surface area is 206 Å². The average Bonchev–Trinajstić information content (AvgIpc) is 2.76. The van der Waals surface area contributed by atoms with Gasteiger partial charge in [0.1, 0.15) is 0 Å². The third kappa shape index (κ3) is 8.74. The molecule has 2 atom stereocenters. The van der Waals surface area contributed by atoms with Gasteiger partial charge in [-0.2, -0.15) is 0 Å². The lowest BCUT2D eigenvalue weighted by atomic mass is 9.97. The van der Waals surface area contributed by atoms with Crippen molar-refractivity contribution in [2.24, 2.45) is 5.73 Å². The number of aliphatic hydroxyl groups is 1. The van der Waals surface area contributed by atoms with E-state index in [2.05, 4.69) is 12.1 Å². The normalized spacial score (nSPS) is 13.6. The Hall–Kier alpha value is -1.92. The quantitative estimate of drug-likeness (QED) is 0.313. The molecule has 0 saturated heterocycles. The first kappa shape index (κ1) is 25.7. The van der Waals surface area contributed by atoms with Gasteiger partial charge in [0.25, 0.3) is 0 Å². The van der Waals surface area contributed by atoms with Crippen LogP contribution in [0.2, 0.25) is 10.0 Å². The van der Waals surface area contributed by atoms with Crippen molar-refractivity contribution < 1.29 is 14.6 Å². The van der Waals surface area contributed by atoms with E-state index in [1.54, 1.807) is 19.9 Å². The highest BCUT2D eigenvalue weighted by molar-refractivity contribution is 6.35. The van der Waals surface area contributed by atoms with Crippen LogP contribution in [-0.2, 0) is 22.5 Å². The minimum atomic E-state index is -1.19. The second kappa shape index (κ2) is 12.0. The molecular weight excluding hydrogens is 457 g/mol. The van der Waals surface area contributed by atoms with Crippen molar-refractivity contribution in [1.29, 1.82) is 0 Å². The first-order valence-corrected chi connectivity index (χ1v) is 11.8. The SMILES string of the molecule is CC(C)(O)OCCC(OCc1ccccc1)C(N)Cc1ccc(-c2cc(Cl)cc(Cl)c2)cc1. The monoisotopic (exact) mass is 487 g/mol. The van der Waals surface area contributed by atoms with Crippen LogP contribution in [0.5, 0.6) is 0 Å². The van der Waals surface area contributed by atoms with Gasteiger partial charge in [0.05, 0.1) is 19.3 Å². The van der Waals surface area contributed by atoms with Gasteiger partial charge in [-0.3, -0.25) is 0 Å². The van der Waals surface area contributed by atoms with Crippen LogP contribution in [0.1, 0.15) is 31.4 Å². The lowest BCUT2D eigenvalue weighted by molar-refractivity contribution is -0.181. The van der Waals surface area contributed by atoms with Crippen LogP contribution in [0.3, 0.4) is 0 Å². The summed E-state index contributed by atoms with van der Waals surface area (Å²) in [5.74, 6) is -1.19. The second-order valence-corrected chi connectivity index (χ2v) is 9.51. The van der Waals surface area contributed by atoms with Crippen molar-refractivity contribution in [2.45, 2.75) is 51.2 Å². The van der Waals surface area contributed by atoms with Gasteiger partial charge >= 0.3 is 0 Å². The van der Waals surface area contributed by atoms with Crippen molar-refractivity contribution in [2.75, 3.05) is 6.61 Å². The van der Waals surface area contributed by atoms with Crippen molar-refractivity contribution >= 4 is 23.2 Å². The minimum absolute atomic E-state index is 0.223. The molecule has 6 heteroatoms. The highest BCUT2D eigenvalue weighted by Crippen LogP contribution is 2.27. The van der Waals surface area contributed by atoms with Crippen LogP contribution >= 0.6 is 23.2 Å². The maximum absolute atomic E-state index is 9.86. The molecule has 0 aromatic heterocycles. The molecule has 4 nitrogen and oxygen atoms in total. The van der Waals surface area contributed by atoms with E-state index in [1.807, 2.05) is 54.6 Å². The third-order valence-corrected chi connectivity index (χ3v) is 5.70. The Balaban J connectivity index is 1.65. The largest absolute Gasteiger partial charge is 0.372 e. The molecule has 0 radical (unpaired) electrons. The molecule has 3 aromatic rings. The van der Waals surface area contributed by atoms with Crippen molar-refractivity contribution in [3.8, 4) is 11.1 Å². The number of benzene rings is 3. The molecule has 0 heterocycles. The van der Waals surface area contributed by atoms with Gasteiger partial charge in [0.15, 0.2) is 5.79 Å². The van der Waals surface area contributed by atoms with Crippen LogP contribution in [-0.4, -0.2) is 29.6 Å². The molecule has 3 aromatic carbocycles. The fourth-order valence-corrected chi connectivity index (χ4v) is 4.11. The van der Waals surface area contributed by atoms with Crippen molar-refractivity contribution in [3.63, 3.8) is 0 Å². The van der Waals surface area contributed by atoms with Crippen molar-refractivity contribution in [3.05, 3.63) is 94.0 Å². The van der Waals surface area contributed by atoms with E-state index in [0.717, 1.165) is 22.3 Å². The molecular formula is C27H31Cl2NO3. The summed E-state index contributed by atoms with van der Waals surface area (Å²) < 4.78 is 11.7. The Morgan fingerprint density at radius 2 is 1.52 bits per heavy atom. The predicted molar refractivity (Wildman–Crippen MR) is 135 cm³/mol. The molecule has 33 heavy (non-hydrogen) atoms. The summed E-state index contributed by atoms with van der Waals surface area (Å²) in [5, 5.41) is 11.1. The van der Waals surface area contributed by atoms with E-state index in [1.165, 1.54) is 0 Å². The molecule has 0 amide bonds. The molecule has 3 N–H and O–H groups in total. The van der Waals surface area contributed by atoms with Crippen molar-refractivity contribution in [1.82, 2.24) is 0 Å². The summed E-state index contributed by atoms with van der Waals surface area (Å²) in [4.78, 5) is 0. The molecule has 3 rings (SSSR count). The first-order chi connectivity index (χ1) is 15.7. The number of halogens is 2. The number of ether oxygens (including phenoxy) is 2. The minimum Gasteiger partial charge on any atom is -0.372 e. The summed E-state index contributed by atoms with van der Waals surface area (Å²) in [6, 6.07) is 23.5. The molecule has 0 fully saturated rings. The van der Waals surface area contributed by atoms with Gasteiger partial charge in [-0.1, -0.05) is 77.8 Å². The summed E-state index contributed by atoms with van der Waals surface area (Å²) in [5.41, 5.74) is 10.8. The summed E-state index contributed by atoms with van der Waals surface area (Å²) >= 11 is 12.3. The van der Waals surface area contributed by atoms with Gasteiger partial charge < -0.3 is 20.3 Å². The molecule has 2 unspecified atom stereocenters. The van der Waals surface area contributed by atoms with Gasteiger partial charge in [0, 0.05) is 16.1 Å². The summed E-state index contributed by atoms with van der Waals surface area (Å²) in [6.45, 7) is 4.05. The molecule has 176 valence electrons. The smallest absolute Gasteiger partial charge is 0.159 e. The molecule has 0 aliphatic heterocycles. The average molecular weight is 488 g/mol. The molecule has 0 aliphatic rings. The van der Waals surface area contributed by atoms with Crippen LogP contribution in [0.25, 0.3) is 11.1 Å².